The molecule has 98 valence electrons. The van der Waals surface area contributed by atoms with Crippen LogP contribution in [0, 0.1) is 5.92 Å². The van der Waals surface area contributed by atoms with Gasteiger partial charge in [-0.3, -0.25) is 5.43 Å². The fourth-order valence-electron chi connectivity index (χ4n) is 2.14. The van der Waals surface area contributed by atoms with Crippen molar-refractivity contribution >= 4 is 46.7 Å². The highest BCUT2D eigenvalue weighted by Gasteiger charge is 2.11. The lowest BCUT2D eigenvalue weighted by atomic mass is 9.90. The summed E-state index contributed by atoms with van der Waals surface area (Å²) in [5.74, 6) is 0.566. The topological polar surface area (TPSA) is 24.4 Å². The van der Waals surface area contributed by atoms with Crippen molar-refractivity contribution in [3.63, 3.8) is 0 Å². The molecule has 2 nitrogen and oxygen atoms in total. The fourth-order valence-corrected chi connectivity index (χ4v) is 3.04. The highest BCUT2D eigenvalue weighted by atomic mass is 35.5. The molecule has 0 saturated heterocycles. The Kier molecular flexibility index (Phi) is 5.16. The summed E-state index contributed by atoms with van der Waals surface area (Å²) >= 11 is 17.9. The molecule has 0 bridgehead atoms. The maximum atomic E-state index is 6.05. The molecular weight excluding hydrogens is 291 g/mol. The Labute approximate surface area is 122 Å². The first-order valence-electron chi connectivity index (χ1n) is 6.10. The lowest BCUT2D eigenvalue weighted by Gasteiger charge is -2.17. The minimum atomic E-state index is 0.480. The van der Waals surface area contributed by atoms with E-state index in [-0.39, 0.29) is 0 Å². The van der Waals surface area contributed by atoms with Gasteiger partial charge in [0.25, 0.3) is 0 Å². The van der Waals surface area contributed by atoms with Gasteiger partial charge in [0, 0.05) is 11.2 Å². The Morgan fingerprint density at radius 3 is 2.28 bits per heavy atom. The van der Waals surface area contributed by atoms with E-state index in [9.17, 15) is 0 Å². The summed E-state index contributed by atoms with van der Waals surface area (Å²) in [5.41, 5.74) is 3.51. The van der Waals surface area contributed by atoms with Crippen molar-refractivity contribution < 1.29 is 0 Å². The maximum Gasteiger partial charge on any atom is 0.0935 e. The van der Waals surface area contributed by atoms with E-state index in [4.69, 9.17) is 34.8 Å². The second-order valence-electron chi connectivity index (χ2n) is 4.53. The van der Waals surface area contributed by atoms with Crippen molar-refractivity contribution in [2.45, 2.75) is 32.1 Å². The van der Waals surface area contributed by atoms with E-state index in [1.54, 1.807) is 12.1 Å². The van der Waals surface area contributed by atoms with Gasteiger partial charge >= 0.3 is 0 Å². The quantitative estimate of drug-likeness (QED) is 0.568. The minimum Gasteiger partial charge on any atom is -0.276 e. The molecule has 1 saturated carbocycles. The van der Waals surface area contributed by atoms with Gasteiger partial charge in [0.05, 0.1) is 15.7 Å². The molecule has 5 heteroatoms. The van der Waals surface area contributed by atoms with Crippen LogP contribution >= 0.6 is 34.8 Å². The van der Waals surface area contributed by atoms with Crippen molar-refractivity contribution in [1.82, 2.24) is 0 Å². The highest BCUT2D eigenvalue weighted by Crippen LogP contribution is 2.33. The molecule has 1 aromatic rings. The van der Waals surface area contributed by atoms with Crippen LogP contribution in [-0.2, 0) is 0 Å². The SMILES string of the molecule is Clc1cc(Cl)c(N/N=C/C2CCCCC2)c(Cl)c1. The van der Waals surface area contributed by atoms with E-state index in [0.29, 0.717) is 26.7 Å². The molecule has 1 aliphatic rings. The van der Waals surface area contributed by atoms with Gasteiger partial charge in [-0.05, 0) is 30.9 Å². The maximum absolute atomic E-state index is 6.05. The Morgan fingerprint density at radius 1 is 1.06 bits per heavy atom. The molecule has 0 aliphatic heterocycles. The first-order chi connectivity index (χ1) is 8.66. The monoisotopic (exact) mass is 304 g/mol. The van der Waals surface area contributed by atoms with Gasteiger partial charge < -0.3 is 0 Å². The normalized spacial score (nSPS) is 17.3. The largest absolute Gasteiger partial charge is 0.276 e. The standard InChI is InChI=1S/C13H15Cl3N2/c14-10-6-11(15)13(12(16)7-10)18-17-8-9-4-2-1-3-5-9/h6-9,18H,1-5H2/b17-8+. The highest BCUT2D eigenvalue weighted by molar-refractivity contribution is 6.41. The molecule has 1 aliphatic carbocycles. The van der Waals surface area contributed by atoms with Crippen LogP contribution in [0.2, 0.25) is 15.1 Å². The second-order valence-corrected chi connectivity index (χ2v) is 5.78. The molecule has 2 rings (SSSR count). The molecule has 0 heterocycles. The molecule has 0 radical (unpaired) electrons. The number of nitrogens with zero attached hydrogens (tertiary/aromatic N) is 1. The van der Waals surface area contributed by atoms with Crippen LogP contribution in [0.1, 0.15) is 32.1 Å². The van der Waals surface area contributed by atoms with Crippen LogP contribution in [-0.4, -0.2) is 6.21 Å². The summed E-state index contributed by atoms with van der Waals surface area (Å²) in [6, 6.07) is 3.29. The first-order valence-corrected chi connectivity index (χ1v) is 7.24. The molecule has 0 spiro atoms. The van der Waals surface area contributed by atoms with Gasteiger partial charge in [-0.2, -0.15) is 5.10 Å². The molecule has 0 atom stereocenters. The van der Waals surface area contributed by atoms with Gasteiger partial charge in [-0.15, -0.1) is 0 Å². The molecule has 0 amide bonds. The Balaban J connectivity index is 1.99. The van der Waals surface area contributed by atoms with E-state index < -0.39 is 0 Å². The Hall–Kier alpha value is -0.440. The van der Waals surface area contributed by atoms with Crippen LogP contribution in [0.3, 0.4) is 0 Å². The zero-order valence-corrected chi connectivity index (χ0v) is 12.2. The number of halogens is 3. The average Bonchev–Trinajstić information content (AvgIpc) is 2.34. The number of anilines is 1. The Morgan fingerprint density at radius 2 is 1.67 bits per heavy atom. The van der Waals surface area contributed by atoms with Crippen molar-refractivity contribution in [2.24, 2.45) is 11.0 Å². The molecule has 1 N–H and O–H groups in total. The summed E-state index contributed by atoms with van der Waals surface area (Å²) in [6.45, 7) is 0. The van der Waals surface area contributed by atoms with E-state index in [1.165, 1.54) is 32.1 Å². The van der Waals surface area contributed by atoms with Crippen LogP contribution in [0.25, 0.3) is 0 Å². The van der Waals surface area contributed by atoms with Crippen molar-refractivity contribution in [3.8, 4) is 0 Å². The average molecular weight is 306 g/mol. The van der Waals surface area contributed by atoms with E-state index in [0.717, 1.165) is 0 Å². The minimum absolute atomic E-state index is 0.480. The predicted octanol–water partition coefficient (Wildman–Crippen LogP) is 5.62. The van der Waals surface area contributed by atoms with Crippen LogP contribution < -0.4 is 5.43 Å². The van der Waals surface area contributed by atoms with Gasteiger partial charge in [-0.25, -0.2) is 0 Å². The molecule has 18 heavy (non-hydrogen) atoms. The van der Waals surface area contributed by atoms with Gasteiger partial charge in [0.2, 0.25) is 0 Å². The number of hydrogen-bond acceptors (Lipinski definition) is 2. The van der Waals surface area contributed by atoms with Crippen LogP contribution in [0.4, 0.5) is 5.69 Å². The van der Waals surface area contributed by atoms with E-state index in [2.05, 4.69) is 10.5 Å². The van der Waals surface area contributed by atoms with Gasteiger partial charge in [-0.1, -0.05) is 54.1 Å². The number of benzene rings is 1. The lowest BCUT2D eigenvalue weighted by molar-refractivity contribution is 0.445. The van der Waals surface area contributed by atoms with Gasteiger partial charge in [0.1, 0.15) is 0 Å². The summed E-state index contributed by atoms with van der Waals surface area (Å²) in [7, 11) is 0. The molecule has 0 unspecified atom stereocenters. The van der Waals surface area contributed by atoms with Crippen molar-refractivity contribution in [3.05, 3.63) is 27.2 Å². The third kappa shape index (κ3) is 3.78. The van der Waals surface area contributed by atoms with Crippen LogP contribution in [0.5, 0.6) is 0 Å². The summed E-state index contributed by atoms with van der Waals surface area (Å²) < 4.78 is 0. The second kappa shape index (κ2) is 6.65. The molecule has 1 aromatic carbocycles. The number of hydrazone groups is 1. The lowest BCUT2D eigenvalue weighted by Crippen LogP contribution is -2.08. The third-order valence-corrected chi connectivity index (χ3v) is 3.93. The first kappa shape index (κ1) is 14.0. The zero-order chi connectivity index (χ0) is 13.0. The van der Waals surface area contributed by atoms with E-state index in [1.807, 2.05) is 6.21 Å². The van der Waals surface area contributed by atoms with Gasteiger partial charge in [0.15, 0.2) is 0 Å². The van der Waals surface area contributed by atoms with Crippen molar-refractivity contribution in [2.75, 3.05) is 5.43 Å². The summed E-state index contributed by atoms with van der Waals surface area (Å²) in [5, 5.41) is 5.71. The summed E-state index contributed by atoms with van der Waals surface area (Å²) in [6.07, 6.45) is 8.31. The molecule has 0 aromatic heterocycles. The molecular formula is C13H15Cl3N2. The van der Waals surface area contributed by atoms with Crippen LogP contribution in [0.15, 0.2) is 17.2 Å². The predicted molar refractivity (Wildman–Crippen MR) is 80.2 cm³/mol. The summed E-state index contributed by atoms with van der Waals surface area (Å²) in [4.78, 5) is 0. The Bertz CT molecular complexity index is 417. The number of nitrogens with one attached hydrogen (secondary N) is 1. The molecule has 1 fully saturated rings. The number of hydrogen-bond donors (Lipinski definition) is 1. The zero-order valence-electron chi connectivity index (χ0n) is 9.93. The third-order valence-electron chi connectivity index (χ3n) is 3.12. The number of rotatable bonds is 3. The van der Waals surface area contributed by atoms with E-state index >= 15 is 0 Å². The smallest absolute Gasteiger partial charge is 0.0935 e. The van der Waals surface area contributed by atoms with Crippen molar-refractivity contribution in [1.29, 1.82) is 0 Å². The fraction of sp³-hybridized carbons (Fsp3) is 0.462.